The van der Waals surface area contributed by atoms with E-state index in [2.05, 4.69) is 47.4 Å². The number of phenols is 1. The third-order valence-electron chi connectivity index (χ3n) is 13.4. The summed E-state index contributed by atoms with van der Waals surface area (Å²) < 4.78 is 0. The van der Waals surface area contributed by atoms with Crippen molar-refractivity contribution in [3.63, 3.8) is 0 Å². The van der Waals surface area contributed by atoms with E-state index in [1.807, 2.05) is 20.8 Å². The highest BCUT2D eigenvalue weighted by molar-refractivity contribution is 5.97. The van der Waals surface area contributed by atoms with Crippen LogP contribution in [0.4, 0.5) is 0 Å². The topological polar surface area (TPSA) is 345 Å². The van der Waals surface area contributed by atoms with Gasteiger partial charge in [-0.25, -0.2) is 0 Å². The van der Waals surface area contributed by atoms with Crippen LogP contribution in [0, 0.1) is 11.8 Å². The first-order valence-corrected chi connectivity index (χ1v) is 28.2. The number of aromatic hydroxyl groups is 1. The number of aryl methyl sites for hydroxylation is 1. The minimum atomic E-state index is -1.43. The number of likely N-dealkylation sites (tertiary alicyclic amines) is 2. The number of hydrogen-bond acceptors (Lipinski definition) is 14. The number of aliphatic hydroxyl groups is 3. The minimum absolute atomic E-state index is 0.0492. The van der Waals surface area contributed by atoms with Gasteiger partial charge >= 0.3 is 0 Å². The summed E-state index contributed by atoms with van der Waals surface area (Å²) in [5.74, 6) is -2.54. The molecule has 2 heterocycles. The van der Waals surface area contributed by atoms with Gasteiger partial charge in [0.1, 0.15) is 36.0 Å². The van der Waals surface area contributed by atoms with E-state index in [9.17, 15) is 48.9 Å². The molecule has 0 aromatic heterocycles. The Balaban J connectivity index is 0.00000661. The summed E-state index contributed by atoms with van der Waals surface area (Å²) in [5, 5.41) is 51.6. The van der Waals surface area contributed by atoms with E-state index in [1.54, 1.807) is 12.1 Å². The zero-order chi connectivity index (χ0) is 57.6. The zero-order valence-corrected chi connectivity index (χ0v) is 47.5. The molecule has 1 aromatic rings. The van der Waals surface area contributed by atoms with Gasteiger partial charge < -0.3 is 74.0 Å². The van der Waals surface area contributed by atoms with Gasteiger partial charge in [0, 0.05) is 46.3 Å². The van der Waals surface area contributed by atoms with Crippen LogP contribution in [0.25, 0.3) is 0 Å². The molecule has 2 saturated heterocycles. The molecular weight excluding hydrogens is 977 g/mol. The molecule has 76 heavy (non-hydrogen) atoms. The largest absolute Gasteiger partial charge is 0.508 e. The van der Waals surface area contributed by atoms with Crippen molar-refractivity contribution in [1.29, 1.82) is 0 Å². The van der Waals surface area contributed by atoms with Crippen LogP contribution in [-0.4, -0.2) is 167 Å². The molecule has 438 valence electrons. The highest BCUT2D eigenvalue weighted by Gasteiger charge is 2.44. The summed E-state index contributed by atoms with van der Waals surface area (Å²) in [6, 6.07) is 0.346. The zero-order valence-electron chi connectivity index (χ0n) is 47.5. The van der Waals surface area contributed by atoms with Crippen LogP contribution in [-0.2, 0) is 40.0 Å². The molecular formula is C55H102N10O11. The van der Waals surface area contributed by atoms with Crippen LogP contribution in [0.5, 0.6) is 5.75 Å². The Morgan fingerprint density at radius 3 is 1.91 bits per heavy atom. The van der Waals surface area contributed by atoms with Crippen molar-refractivity contribution in [2.75, 3.05) is 52.9 Å². The first-order chi connectivity index (χ1) is 36.4. The molecule has 1 aromatic carbocycles. The molecule has 0 aliphatic carbocycles. The molecule has 0 radical (unpaired) electrons. The van der Waals surface area contributed by atoms with E-state index in [1.165, 1.54) is 61.0 Å². The monoisotopic (exact) mass is 1080 g/mol. The maximum atomic E-state index is 14.2. The van der Waals surface area contributed by atoms with E-state index >= 15 is 0 Å². The fourth-order valence-corrected chi connectivity index (χ4v) is 9.07. The first-order valence-electron chi connectivity index (χ1n) is 28.2. The van der Waals surface area contributed by atoms with E-state index in [-0.39, 0.29) is 69.8 Å². The lowest BCUT2D eigenvalue weighted by Crippen LogP contribution is -2.60. The number of nitrogens with two attached hydrogens (primary N) is 3. The van der Waals surface area contributed by atoms with Gasteiger partial charge in [-0.15, -0.1) is 0 Å². The molecule has 15 N–H and O–H groups in total. The molecule has 7 unspecified atom stereocenters. The van der Waals surface area contributed by atoms with Crippen LogP contribution in [0.2, 0.25) is 0 Å². The number of unbranched alkanes of at least 4 members (excludes halogenated alkanes) is 5. The van der Waals surface area contributed by atoms with Crippen molar-refractivity contribution in [3.05, 3.63) is 29.8 Å². The standard InChI is InChI=1S/C50H84N8O10.C2H8N2.C2H6.CH4O/c1-6-28-52-48(66)45-41(61)26-30-58(45)49(67)39(17-14-27-51)55-46(64)38(25-22-36-20-23-37(60)24-21-36)54-47(65)40-18-15-29-57(40)50(68)44(35(5)59)56-43(63)32-53-42(62)19-13-11-9-8-10-12-16-34(4)31-33(3)7-2;3-1-2-4;2*1-2/h20-21,23-24,33-35,38-41,44-45,59-61H,6-19,22,25-32,51H2,1-5H3,(H,52,66)(H,53,62)(H,54,65)(H,55,64)(H,56,63);1-4H2;1-2H3;2H,1H3/t33?,34?,35-,38?,39?,40?,41+,44?,45?;;;/m1.../s1. The van der Waals surface area contributed by atoms with Crippen LogP contribution in [0.3, 0.4) is 0 Å². The molecule has 2 aliphatic heterocycles. The number of carbonyl (C=O) groups excluding carboxylic acids is 7. The third-order valence-corrected chi connectivity index (χ3v) is 13.4. The summed E-state index contributed by atoms with van der Waals surface area (Å²) in [6.45, 7) is 15.7. The van der Waals surface area contributed by atoms with Crippen LogP contribution >= 0.6 is 0 Å². The maximum Gasteiger partial charge on any atom is 0.248 e. The van der Waals surface area contributed by atoms with Crippen molar-refractivity contribution >= 4 is 41.4 Å². The molecule has 0 spiro atoms. The van der Waals surface area contributed by atoms with Crippen molar-refractivity contribution in [2.45, 2.75) is 206 Å². The predicted octanol–water partition coefficient (Wildman–Crippen LogP) is 2.23. The summed E-state index contributed by atoms with van der Waals surface area (Å²) in [4.78, 5) is 97.5. The van der Waals surface area contributed by atoms with Gasteiger partial charge in [0.25, 0.3) is 0 Å². The second-order valence-corrected chi connectivity index (χ2v) is 19.7. The smallest absolute Gasteiger partial charge is 0.248 e. The quantitative estimate of drug-likeness (QED) is 0.0461. The minimum Gasteiger partial charge on any atom is -0.508 e. The number of nitrogens with one attached hydrogen (secondary N) is 5. The van der Waals surface area contributed by atoms with Gasteiger partial charge in [0.15, 0.2) is 0 Å². The fraction of sp³-hybridized carbons (Fsp3) is 0.764. The summed E-state index contributed by atoms with van der Waals surface area (Å²) in [7, 11) is 1.00. The molecule has 21 heteroatoms. The molecule has 2 aliphatic rings. The number of hydrogen-bond donors (Lipinski definition) is 12. The third kappa shape index (κ3) is 27.4. The Morgan fingerprint density at radius 2 is 1.32 bits per heavy atom. The van der Waals surface area contributed by atoms with Crippen LogP contribution in [0.1, 0.15) is 163 Å². The predicted molar refractivity (Wildman–Crippen MR) is 297 cm³/mol. The van der Waals surface area contributed by atoms with Crippen molar-refractivity contribution < 1.29 is 54.0 Å². The Kier molecular flexibility index (Phi) is 39.4. The Bertz CT molecular complexity index is 1790. The molecule has 2 fully saturated rings. The van der Waals surface area contributed by atoms with Crippen LogP contribution in [0.15, 0.2) is 24.3 Å². The highest BCUT2D eigenvalue weighted by atomic mass is 16.3. The number of phenolic OH excluding ortho intramolecular Hbond substituents is 1. The Morgan fingerprint density at radius 1 is 0.684 bits per heavy atom. The molecule has 21 nitrogen and oxygen atoms in total. The number of nitrogens with zero attached hydrogens (tertiary/aromatic N) is 2. The van der Waals surface area contributed by atoms with Crippen molar-refractivity contribution in [1.82, 2.24) is 36.4 Å². The summed E-state index contributed by atoms with van der Waals surface area (Å²) in [6.07, 6.45) is 9.99. The number of carbonyl (C=O) groups is 7. The molecule has 7 amide bonds. The second kappa shape index (κ2) is 42.1. The average Bonchev–Trinajstić information content (AvgIpc) is 4.08. The van der Waals surface area contributed by atoms with Crippen molar-refractivity contribution in [3.8, 4) is 5.75 Å². The lowest BCUT2D eigenvalue weighted by molar-refractivity contribution is -0.145. The SMILES string of the molecule is CC.CCCNC(=O)C1[C@@H](O)CCN1C(=O)C(CCCN)NC(=O)C(CCc1ccc(O)cc1)NC(=O)C1CCCN1C(=O)C(NC(=O)CNC(=O)CCCCCCCCC(C)CC(C)CC)[C@@H](C)O.CO.NCCN. The lowest BCUT2D eigenvalue weighted by atomic mass is 9.91. The van der Waals surface area contributed by atoms with Crippen molar-refractivity contribution in [2.24, 2.45) is 29.0 Å². The highest BCUT2D eigenvalue weighted by Crippen LogP contribution is 2.24. The molecule has 9 atom stereocenters. The lowest BCUT2D eigenvalue weighted by Gasteiger charge is -2.32. The first kappa shape index (κ1) is 71.1. The van der Waals surface area contributed by atoms with Gasteiger partial charge in [-0.05, 0) is 107 Å². The van der Waals surface area contributed by atoms with E-state index < -0.39 is 84.4 Å². The average molecular weight is 1080 g/mol. The molecule has 0 saturated carbocycles. The van der Waals surface area contributed by atoms with E-state index in [0.717, 1.165) is 43.8 Å². The fourth-order valence-electron chi connectivity index (χ4n) is 9.07. The van der Waals surface area contributed by atoms with E-state index in [4.69, 9.17) is 22.3 Å². The summed E-state index contributed by atoms with van der Waals surface area (Å²) >= 11 is 0. The Labute approximate surface area is 454 Å². The van der Waals surface area contributed by atoms with Gasteiger partial charge in [0.05, 0.1) is 18.8 Å². The van der Waals surface area contributed by atoms with Gasteiger partial charge in [-0.1, -0.05) is 98.6 Å². The van der Waals surface area contributed by atoms with Gasteiger partial charge in [-0.3, -0.25) is 33.6 Å². The maximum absolute atomic E-state index is 14.2. The second-order valence-electron chi connectivity index (χ2n) is 19.7. The number of benzene rings is 1. The molecule has 3 rings (SSSR count). The summed E-state index contributed by atoms with van der Waals surface area (Å²) in [5.41, 5.74) is 16.4. The number of aliphatic hydroxyl groups excluding tert-OH is 3. The Hall–Kier alpha value is -4.93. The van der Waals surface area contributed by atoms with E-state index in [0.29, 0.717) is 45.3 Å². The molecule has 0 bridgehead atoms. The number of amides is 7. The normalized spacial score (nSPS) is 18.1. The number of rotatable bonds is 32. The van der Waals surface area contributed by atoms with Gasteiger partial charge in [0.2, 0.25) is 41.4 Å². The van der Waals surface area contributed by atoms with Gasteiger partial charge in [-0.2, -0.15) is 0 Å². The van der Waals surface area contributed by atoms with Crippen LogP contribution < -0.4 is 43.8 Å².